The number of alkyl halides is 3. The summed E-state index contributed by atoms with van der Waals surface area (Å²) in [4.78, 5) is 24.1. The van der Waals surface area contributed by atoms with Crippen LogP contribution in [0.2, 0.25) is 0 Å². The zero-order valence-electron chi connectivity index (χ0n) is 13.3. The Kier molecular flexibility index (Phi) is 5.80. The Hall–Kier alpha value is -2.83. The number of ether oxygens (including phenoxy) is 1. The number of carbonyl (C=O) groups excluding carboxylic acids is 2. The maximum absolute atomic E-state index is 12.6. The second kappa shape index (κ2) is 7.83. The fourth-order valence-electron chi connectivity index (χ4n) is 2.24. The SMILES string of the molecule is COC(=O)C(Cc1ccccc1)NC(=O)c1ccc(C(F)(F)F)cc1. The molecule has 132 valence electrons. The van der Waals surface area contributed by atoms with Crippen LogP contribution in [0.1, 0.15) is 21.5 Å². The number of carbonyl (C=O) groups is 2. The number of hydrogen-bond acceptors (Lipinski definition) is 3. The van der Waals surface area contributed by atoms with Crippen LogP contribution in [-0.2, 0) is 22.1 Å². The molecule has 1 N–H and O–H groups in total. The Balaban J connectivity index is 2.12. The third kappa shape index (κ3) is 5.07. The molecular formula is C18H16F3NO3. The molecule has 0 saturated heterocycles. The molecule has 0 aliphatic heterocycles. The molecule has 0 radical (unpaired) electrons. The summed E-state index contributed by atoms with van der Waals surface area (Å²) in [6.45, 7) is 0. The quantitative estimate of drug-likeness (QED) is 0.842. The van der Waals surface area contributed by atoms with Gasteiger partial charge in [-0.3, -0.25) is 4.79 Å². The highest BCUT2D eigenvalue weighted by molar-refractivity contribution is 5.96. The fraction of sp³-hybridized carbons (Fsp3) is 0.222. The third-order valence-corrected chi connectivity index (χ3v) is 3.55. The topological polar surface area (TPSA) is 55.4 Å². The first-order valence-corrected chi connectivity index (χ1v) is 7.41. The summed E-state index contributed by atoms with van der Waals surface area (Å²) in [5, 5.41) is 2.50. The van der Waals surface area contributed by atoms with E-state index in [1.165, 1.54) is 7.11 Å². The number of benzene rings is 2. The van der Waals surface area contributed by atoms with Crippen LogP contribution in [0.4, 0.5) is 13.2 Å². The van der Waals surface area contributed by atoms with Gasteiger partial charge in [-0.15, -0.1) is 0 Å². The second-order valence-corrected chi connectivity index (χ2v) is 5.31. The van der Waals surface area contributed by atoms with Crippen molar-refractivity contribution in [3.8, 4) is 0 Å². The molecule has 25 heavy (non-hydrogen) atoms. The van der Waals surface area contributed by atoms with Gasteiger partial charge in [-0.05, 0) is 29.8 Å². The lowest BCUT2D eigenvalue weighted by Gasteiger charge is -2.17. The van der Waals surface area contributed by atoms with E-state index in [9.17, 15) is 22.8 Å². The summed E-state index contributed by atoms with van der Waals surface area (Å²) >= 11 is 0. The average molecular weight is 351 g/mol. The monoisotopic (exact) mass is 351 g/mol. The van der Waals surface area contributed by atoms with Crippen molar-refractivity contribution >= 4 is 11.9 Å². The van der Waals surface area contributed by atoms with Gasteiger partial charge in [-0.1, -0.05) is 30.3 Å². The van der Waals surface area contributed by atoms with Crippen LogP contribution in [0.25, 0.3) is 0 Å². The molecule has 0 heterocycles. The van der Waals surface area contributed by atoms with Crippen molar-refractivity contribution in [3.05, 3.63) is 71.3 Å². The van der Waals surface area contributed by atoms with E-state index in [4.69, 9.17) is 0 Å². The predicted octanol–water partition coefficient (Wildman–Crippen LogP) is 3.22. The lowest BCUT2D eigenvalue weighted by Crippen LogP contribution is -2.43. The van der Waals surface area contributed by atoms with E-state index in [1.807, 2.05) is 6.07 Å². The van der Waals surface area contributed by atoms with E-state index in [1.54, 1.807) is 24.3 Å². The van der Waals surface area contributed by atoms with Gasteiger partial charge in [-0.2, -0.15) is 13.2 Å². The molecule has 0 bridgehead atoms. The zero-order chi connectivity index (χ0) is 18.4. The molecule has 0 aliphatic carbocycles. The van der Waals surface area contributed by atoms with E-state index in [-0.39, 0.29) is 12.0 Å². The second-order valence-electron chi connectivity index (χ2n) is 5.31. The average Bonchev–Trinajstić information content (AvgIpc) is 2.60. The van der Waals surface area contributed by atoms with Gasteiger partial charge >= 0.3 is 12.1 Å². The predicted molar refractivity (Wildman–Crippen MR) is 84.9 cm³/mol. The molecule has 2 aromatic carbocycles. The third-order valence-electron chi connectivity index (χ3n) is 3.55. The highest BCUT2D eigenvalue weighted by Crippen LogP contribution is 2.29. The van der Waals surface area contributed by atoms with E-state index in [0.29, 0.717) is 0 Å². The minimum absolute atomic E-state index is 0.0231. The molecule has 1 atom stereocenters. The molecule has 7 heteroatoms. The van der Waals surface area contributed by atoms with Gasteiger partial charge in [0.2, 0.25) is 0 Å². The van der Waals surface area contributed by atoms with Gasteiger partial charge in [-0.25, -0.2) is 4.79 Å². The Morgan fingerprint density at radius 2 is 1.64 bits per heavy atom. The van der Waals surface area contributed by atoms with E-state index >= 15 is 0 Å². The zero-order valence-corrected chi connectivity index (χ0v) is 13.3. The van der Waals surface area contributed by atoms with Crippen molar-refractivity contribution in [1.29, 1.82) is 0 Å². The first-order chi connectivity index (χ1) is 11.8. The molecule has 0 aliphatic rings. The summed E-state index contributed by atoms with van der Waals surface area (Å²) in [6.07, 6.45) is -4.27. The Bertz CT molecular complexity index is 727. The van der Waals surface area contributed by atoms with Gasteiger partial charge in [0.05, 0.1) is 12.7 Å². The van der Waals surface area contributed by atoms with Gasteiger partial charge < -0.3 is 10.1 Å². The number of methoxy groups -OCH3 is 1. The summed E-state index contributed by atoms with van der Waals surface area (Å²) in [7, 11) is 1.20. The minimum atomic E-state index is -4.48. The molecule has 2 aromatic rings. The largest absolute Gasteiger partial charge is 0.467 e. The van der Waals surface area contributed by atoms with Crippen LogP contribution in [0.15, 0.2) is 54.6 Å². The van der Waals surface area contributed by atoms with E-state index < -0.39 is 29.7 Å². The standard InChI is InChI=1S/C18H16F3NO3/c1-25-17(24)15(11-12-5-3-2-4-6-12)22-16(23)13-7-9-14(10-8-13)18(19,20)21/h2-10,15H,11H2,1H3,(H,22,23). The van der Waals surface area contributed by atoms with E-state index in [2.05, 4.69) is 10.1 Å². The summed E-state index contributed by atoms with van der Waals surface area (Å²) in [5.41, 5.74) is -0.0153. The van der Waals surface area contributed by atoms with E-state index in [0.717, 1.165) is 29.8 Å². The Labute approximate surface area is 142 Å². The molecule has 4 nitrogen and oxygen atoms in total. The van der Waals surface area contributed by atoms with Crippen molar-refractivity contribution in [1.82, 2.24) is 5.32 Å². The number of rotatable bonds is 5. The number of nitrogens with one attached hydrogen (secondary N) is 1. The number of halogens is 3. The number of esters is 1. The molecule has 1 unspecified atom stereocenters. The van der Waals surface area contributed by atoms with Crippen LogP contribution in [0, 0.1) is 0 Å². The fourth-order valence-corrected chi connectivity index (χ4v) is 2.24. The maximum atomic E-state index is 12.6. The smallest absolute Gasteiger partial charge is 0.416 e. The normalized spacial score (nSPS) is 12.3. The van der Waals surface area contributed by atoms with Crippen LogP contribution < -0.4 is 5.32 Å². The van der Waals surface area contributed by atoms with Crippen molar-refractivity contribution in [2.24, 2.45) is 0 Å². The lowest BCUT2D eigenvalue weighted by atomic mass is 10.0. The first kappa shape index (κ1) is 18.5. The van der Waals surface area contributed by atoms with Gasteiger partial charge in [0.15, 0.2) is 0 Å². The molecule has 1 amide bonds. The number of amides is 1. The molecule has 2 rings (SSSR count). The lowest BCUT2D eigenvalue weighted by molar-refractivity contribution is -0.142. The van der Waals surface area contributed by atoms with Gasteiger partial charge in [0.1, 0.15) is 6.04 Å². The van der Waals surface area contributed by atoms with Crippen LogP contribution in [0.5, 0.6) is 0 Å². The Morgan fingerprint density at radius 1 is 1.04 bits per heavy atom. The summed E-state index contributed by atoms with van der Waals surface area (Å²) in [5.74, 6) is -1.29. The summed E-state index contributed by atoms with van der Waals surface area (Å²) < 4.78 is 42.4. The van der Waals surface area contributed by atoms with Crippen LogP contribution >= 0.6 is 0 Å². The highest BCUT2D eigenvalue weighted by atomic mass is 19.4. The maximum Gasteiger partial charge on any atom is 0.416 e. The van der Waals surface area contributed by atoms with Gasteiger partial charge in [0, 0.05) is 12.0 Å². The van der Waals surface area contributed by atoms with Crippen molar-refractivity contribution < 1.29 is 27.5 Å². The first-order valence-electron chi connectivity index (χ1n) is 7.41. The molecule has 0 saturated carbocycles. The van der Waals surface area contributed by atoms with Gasteiger partial charge in [0.25, 0.3) is 5.91 Å². The molecule has 0 aromatic heterocycles. The minimum Gasteiger partial charge on any atom is -0.467 e. The molecular weight excluding hydrogens is 335 g/mol. The van der Waals surface area contributed by atoms with Crippen molar-refractivity contribution in [2.75, 3.05) is 7.11 Å². The Morgan fingerprint density at radius 3 is 2.16 bits per heavy atom. The molecule has 0 spiro atoms. The highest BCUT2D eigenvalue weighted by Gasteiger charge is 2.30. The van der Waals surface area contributed by atoms with Crippen LogP contribution in [0.3, 0.4) is 0 Å². The summed E-state index contributed by atoms with van der Waals surface area (Å²) in [6, 6.07) is 11.8. The molecule has 0 fully saturated rings. The number of hydrogen-bond donors (Lipinski definition) is 1. The van der Waals surface area contributed by atoms with Crippen molar-refractivity contribution in [2.45, 2.75) is 18.6 Å². The van der Waals surface area contributed by atoms with Crippen LogP contribution in [-0.4, -0.2) is 25.0 Å². The van der Waals surface area contributed by atoms with Crippen molar-refractivity contribution in [3.63, 3.8) is 0 Å².